The summed E-state index contributed by atoms with van der Waals surface area (Å²) in [6, 6.07) is 10.9. The van der Waals surface area contributed by atoms with Gasteiger partial charge in [0, 0.05) is 62.8 Å². The first kappa shape index (κ1) is 26.4. The summed E-state index contributed by atoms with van der Waals surface area (Å²) >= 11 is 0. The van der Waals surface area contributed by atoms with E-state index in [1.165, 1.54) is 16.4 Å². The fourth-order valence-electron chi connectivity index (χ4n) is 4.28. The number of anilines is 1. The van der Waals surface area contributed by atoms with Crippen LogP contribution in [-0.2, 0) is 16.4 Å². The summed E-state index contributed by atoms with van der Waals surface area (Å²) in [5.41, 5.74) is 1.72. The van der Waals surface area contributed by atoms with Crippen LogP contribution >= 0.6 is 0 Å². The van der Waals surface area contributed by atoms with Crippen molar-refractivity contribution in [1.82, 2.24) is 24.6 Å². The second kappa shape index (κ2) is 12.1. The largest absolute Gasteiger partial charge is 0.465 e. The number of carbonyl (C=O) groups is 1. The number of aryl methyl sites for hydroxylation is 1. The molecule has 196 valence electrons. The highest BCUT2D eigenvalue weighted by molar-refractivity contribution is 7.89. The van der Waals surface area contributed by atoms with Gasteiger partial charge in [0.1, 0.15) is 17.5 Å². The van der Waals surface area contributed by atoms with E-state index in [4.69, 9.17) is 0 Å². The predicted octanol–water partition coefficient (Wildman–Crippen LogP) is 2.79. The van der Waals surface area contributed by atoms with Crippen molar-refractivity contribution in [1.29, 1.82) is 0 Å². The minimum Gasteiger partial charge on any atom is -0.465 e. The van der Waals surface area contributed by atoms with Gasteiger partial charge in [0.15, 0.2) is 0 Å². The molecule has 3 aromatic rings. The molecule has 4 rings (SSSR count). The SMILES string of the molecule is O=C(O)NC(CCCc1ncccn1)CS(=O)(=O)N1CCN(c2ccc(-c3ccc(F)cc3)cn2)CC1. The van der Waals surface area contributed by atoms with Gasteiger partial charge in [-0.05, 0) is 48.7 Å². The molecule has 1 aliphatic rings. The smallest absolute Gasteiger partial charge is 0.404 e. The van der Waals surface area contributed by atoms with E-state index in [2.05, 4.69) is 20.3 Å². The molecule has 3 heterocycles. The van der Waals surface area contributed by atoms with Crippen molar-refractivity contribution in [3.63, 3.8) is 0 Å². The number of aromatic nitrogens is 3. The Morgan fingerprint density at radius 3 is 2.30 bits per heavy atom. The molecule has 1 amide bonds. The van der Waals surface area contributed by atoms with Crippen LogP contribution in [0.25, 0.3) is 11.1 Å². The maximum absolute atomic E-state index is 13.2. The van der Waals surface area contributed by atoms with E-state index in [0.29, 0.717) is 38.2 Å². The van der Waals surface area contributed by atoms with E-state index >= 15 is 0 Å². The van der Waals surface area contributed by atoms with Crippen molar-refractivity contribution in [2.75, 3.05) is 36.8 Å². The Balaban J connectivity index is 1.31. The number of piperazine rings is 1. The third-order valence-electron chi connectivity index (χ3n) is 6.19. The lowest BCUT2D eigenvalue weighted by atomic mass is 10.1. The summed E-state index contributed by atoms with van der Waals surface area (Å²) in [5.74, 6) is 0.763. The van der Waals surface area contributed by atoms with Gasteiger partial charge in [-0.3, -0.25) is 0 Å². The highest BCUT2D eigenvalue weighted by Crippen LogP contribution is 2.22. The number of nitrogens with zero attached hydrogens (tertiary/aromatic N) is 5. The molecular weight excluding hydrogens is 499 g/mol. The van der Waals surface area contributed by atoms with Gasteiger partial charge in [-0.15, -0.1) is 0 Å². The van der Waals surface area contributed by atoms with E-state index in [1.807, 2.05) is 17.0 Å². The third-order valence-corrected chi connectivity index (χ3v) is 8.17. The molecule has 2 N–H and O–H groups in total. The molecule has 0 aliphatic carbocycles. The van der Waals surface area contributed by atoms with Gasteiger partial charge in [0.05, 0.1) is 5.75 Å². The minimum atomic E-state index is -3.68. The van der Waals surface area contributed by atoms with E-state index in [1.54, 1.807) is 36.8 Å². The molecule has 10 nitrogen and oxygen atoms in total. The van der Waals surface area contributed by atoms with Crippen LogP contribution in [0, 0.1) is 5.82 Å². The first-order valence-electron chi connectivity index (χ1n) is 12.0. The number of sulfonamides is 1. The van der Waals surface area contributed by atoms with Gasteiger partial charge < -0.3 is 15.3 Å². The van der Waals surface area contributed by atoms with Gasteiger partial charge in [-0.25, -0.2) is 32.6 Å². The third kappa shape index (κ3) is 7.43. The average molecular weight is 529 g/mol. The Morgan fingerprint density at radius 1 is 1.00 bits per heavy atom. The molecule has 12 heteroatoms. The summed E-state index contributed by atoms with van der Waals surface area (Å²) in [4.78, 5) is 26.1. The van der Waals surface area contributed by atoms with Gasteiger partial charge in [0.25, 0.3) is 0 Å². The Bertz CT molecular complexity index is 1270. The Kier molecular flexibility index (Phi) is 8.62. The molecule has 1 aliphatic heterocycles. The summed E-state index contributed by atoms with van der Waals surface area (Å²) in [7, 11) is -3.68. The van der Waals surface area contributed by atoms with E-state index in [-0.39, 0.29) is 24.7 Å². The lowest BCUT2D eigenvalue weighted by molar-refractivity contribution is 0.190. The van der Waals surface area contributed by atoms with Crippen LogP contribution in [0.5, 0.6) is 0 Å². The number of rotatable bonds is 10. The molecular formula is C25H29FN6O4S. The molecule has 37 heavy (non-hydrogen) atoms. The molecule has 1 saturated heterocycles. The van der Waals surface area contributed by atoms with Gasteiger partial charge in [-0.2, -0.15) is 4.31 Å². The number of hydrogen-bond donors (Lipinski definition) is 2. The normalized spacial score (nSPS) is 15.3. The topological polar surface area (TPSA) is 129 Å². The highest BCUT2D eigenvalue weighted by Gasteiger charge is 2.30. The summed E-state index contributed by atoms with van der Waals surface area (Å²) in [6.07, 6.45) is 5.17. The van der Waals surface area contributed by atoms with E-state index in [9.17, 15) is 22.7 Å². The number of carboxylic acid groups (broad SMARTS) is 1. The van der Waals surface area contributed by atoms with Crippen molar-refractivity contribution >= 4 is 21.9 Å². The van der Waals surface area contributed by atoms with Crippen molar-refractivity contribution in [3.05, 3.63) is 72.7 Å². The molecule has 1 aromatic carbocycles. The average Bonchev–Trinajstić information content (AvgIpc) is 2.89. The lowest BCUT2D eigenvalue weighted by Gasteiger charge is -2.35. The van der Waals surface area contributed by atoms with Crippen LogP contribution in [-0.4, -0.2) is 76.8 Å². The maximum Gasteiger partial charge on any atom is 0.404 e. The van der Waals surface area contributed by atoms with Gasteiger partial charge in [-0.1, -0.05) is 12.1 Å². The monoisotopic (exact) mass is 528 g/mol. The Morgan fingerprint density at radius 2 is 1.68 bits per heavy atom. The Hall–Kier alpha value is -3.64. The molecule has 0 radical (unpaired) electrons. The molecule has 0 saturated carbocycles. The van der Waals surface area contributed by atoms with Crippen LogP contribution in [0.4, 0.5) is 15.0 Å². The van der Waals surface area contributed by atoms with Crippen LogP contribution < -0.4 is 10.2 Å². The standard InChI is InChI=1S/C25H29FN6O4S/c26-21-8-5-19(6-9-21)20-7-10-24(29-17-20)31-13-15-32(16-14-31)37(35,36)18-22(30-25(33)34)3-1-4-23-27-11-2-12-28-23/h2,5-12,17,22,30H,1,3-4,13-16,18H2,(H,33,34). The first-order chi connectivity index (χ1) is 17.8. The fraction of sp³-hybridized carbons (Fsp3) is 0.360. The second-order valence-corrected chi connectivity index (χ2v) is 10.8. The number of pyridine rings is 1. The van der Waals surface area contributed by atoms with E-state index < -0.39 is 22.2 Å². The van der Waals surface area contributed by atoms with Crippen molar-refractivity contribution in [2.24, 2.45) is 0 Å². The van der Waals surface area contributed by atoms with Gasteiger partial charge in [0.2, 0.25) is 10.0 Å². The molecule has 1 unspecified atom stereocenters. The number of halogens is 1. The van der Waals surface area contributed by atoms with Crippen molar-refractivity contribution in [2.45, 2.75) is 25.3 Å². The van der Waals surface area contributed by atoms with Crippen molar-refractivity contribution < 1.29 is 22.7 Å². The lowest BCUT2D eigenvalue weighted by Crippen LogP contribution is -2.51. The zero-order valence-corrected chi connectivity index (χ0v) is 21.0. The summed E-state index contributed by atoms with van der Waals surface area (Å²) in [5, 5.41) is 11.5. The van der Waals surface area contributed by atoms with Crippen LogP contribution in [0.2, 0.25) is 0 Å². The van der Waals surface area contributed by atoms with E-state index in [0.717, 1.165) is 16.9 Å². The summed E-state index contributed by atoms with van der Waals surface area (Å²) < 4.78 is 40.7. The van der Waals surface area contributed by atoms with Crippen LogP contribution in [0.15, 0.2) is 61.1 Å². The number of benzene rings is 1. The second-order valence-electron chi connectivity index (χ2n) is 8.78. The Labute approximate surface area is 215 Å². The molecule has 0 spiro atoms. The molecule has 1 fully saturated rings. The zero-order chi connectivity index (χ0) is 26.3. The predicted molar refractivity (Wildman–Crippen MR) is 137 cm³/mol. The maximum atomic E-state index is 13.2. The fourth-order valence-corrected chi connectivity index (χ4v) is 5.97. The highest BCUT2D eigenvalue weighted by atomic mass is 32.2. The molecule has 1 atom stereocenters. The number of hydrogen-bond acceptors (Lipinski definition) is 7. The minimum absolute atomic E-state index is 0.279. The quantitative estimate of drug-likeness (QED) is 0.411. The van der Waals surface area contributed by atoms with Gasteiger partial charge >= 0.3 is 6.09 Å². The number of amides is 1. The van der Waals surface area contributed by atoms with Crippen LogP contribution in [0.3, 0.4) is 0 Å². The molecule has 0 bridgehead atoms. The zero-order valence-electron chi connectivity index (χ0n) is 20.2. The van der Waals surface area contributed by atoms with Crippen molar-refractivity contribution in [3.8, 4) is 11.1 Å². The summed E-state index contributed by atoms with van der Waals surface area (Å²) in [6.45, 7) is 1.48. The molecule has 2 aromatic heterocycles. The number of nitrogens with one attached hydrogen (secondary N) is 1. The first-order valence-corrected chi connectivity index (χ1v) is 13.6. The van der Waals surface area contributed by atoms with Crippen LogP contribution in [0.1, 0.15) is 18.7 Å².